The largest absolute Gasteiger partial charge is 0.440 e. The van der Waals surface area contributed by atoms with Gasteiger partial charge in [-0.3, -0.25) is 0 Å². The third-order valence-electron chi connectivity index (χ3n) is 2.96. The fourth-order valence-corrected chi connectivity index (χ4v) is 2.33. The maximum Gasteiger partial charge on any atom is 0.341 e. The lowest BCUT2D eigenvalue weighted by molar-refractivity contribution is -0.157. The number of carbonyl (C=O) groups excluding carboxylic acids is 1. The number of halogens is 2. The number of aliphatic hydroxyl groups excluding tert-OH is 1. The summed E-state index contributed by atoms with van der Waals surface area (Å²) in [4.78, 5) is 12.0. The monoisotopic (exact) mass is 335 g/mol. The highest BCUT2D eigenvalue weighted by atomic mass is 35.5. The van der Waals surface area contributed by atoms with Gasteiger partial charge in [-0.15, -0.1) is 0 Å². The van der Waals surface area contributed by atoms with Gasteiger partial charge in [0.05, 0.1) is 0 Å². The highest BCUT2D eigenvalue weighted by Gasteiger charge is 2.26. The van der Waals surface area contributed by atoms with Crippen LogP contribution in [0.2, 0.25) is 10.0 Å². The minimum absolute atomic E-state index is 0.213. The van der Waals surface area contributed by atoms with E-state index in [9.17, 15) is 9.90 Å². The van der Waals surface area contributed by atoms with Gasteiger partial charge in [-0.2, -0.15) is 5.26 Å². The van der Waals surface area contributed by atoms with Crippen LogP contribution in [0, 0.1) is 11.3 Å². The van der Waals surface area contributed by atoms with Gasteiger partial charge < -0.3 is 9.84 Å². The molecular weight excluding hydrogens is 325 g/mol. The second kappa shape index (κ2) is 7.28. The summed E-state index contributed by atoms with van der Waals surface area (Å²) in [7, 11) is 0. The molecule has 0 saturated heterocycles. The zero-order chi connectivity index (χ0) is 16.1. The van der Waals surface area contributed by atoms with E-state index in [1.54, 1.807) is 42.5 Å². The van der Waals surface area contributed by atoms with Crippen LogP contribution in [0.25, 0.3) is 0 Å². The fourth-order valence-electron chi connectivity index (χ4n) is 1.85. The quantitative estimate of drug-likeness (QED) is 0.862. The van der Waals surface area contributed by atoms with Gasteiger partial charge in [0.15, 0.2) is 6.10 Å². The van der Waals surface area contributed by atoms with Crippen molar-refractivity contribution in [3.05, 3.63) is 69.7 Å². The van der Waals surface area contributed by atoms with E-state index in [0.29, 0.717) is 10.6 Å². The van der Waals surface area contributed by atoms with Gasteiger partial charge in [0.2, 0.25) is 6.10 Å². The number of rotatable bonds is 4. The lowest BCUT2D eigenvalue weighted by Crippen LogP contribution is -2.18. The first-order chi connectivity index (χ1) is 10.5. The predicted octanol–water partition coefficient (Wildman–Crippen LogP) is 3.83. The lowest BCUT2D eigenvalue weighted by atomic mass is 10.1. The van der Waals surface area contributed by atoms with E-state index in [2.05, 4.69) is 0 Å². The molecule has 0 aliphatic carbocycles. The first kappa shape index (κ1) is 16.3. The van der Waals surface area contributed by atoms with Crippen molar-refractivity contribution in [2.24, 2.45) is 0 Å². The van der Waals surface area contributed by atoms with Crippen LogP contribution in [0.3, 0.4) is 0 Å². The topological polar surface area (TPSA) is 70.3 Å². The van der Waals surface area contributed by atoms with Crippen LogP contribution in [-0.4, -0.2) is 11.1 Å². The van der Waals surface area contributed by atoms with Gasteiger partial charge in [0.25, 0.3) is 0 Å². The number of esters is 1. The number of aliphatic hydroxyl groups is 1. The second-order valence-electron chi connectivity index (χ2n) is 4.39. The van der Waals surface area contributed by atoms with Gasteiger partial charge in [-0.25, -0.2) is 4.79 Å². The number of carbonyl (C=O) groups is 1. The van der Waals surface area contributed by atoms with E-state index in [1.165, 1.54) is 6.07 Å². The average molecular weight is 336 g/mol. The van der Waals surface area contributed by atoms with Crippen molar-refractivity contribution in [2.45, 2.75) is 12.2 Å². The molecule has 0 aliphatic rings. The first-order valence-corrected chi connectivity index (χ1v) is 7.07. The summed E-state index contributed by atoms with van der Waals surface area (Å²) in [5.74, 6) is -0.973. The summed E-state index contributed by atoms with van der Waals surface area (Å²) >= 11 is 11.9. The molecule has 0 spiro atoms. The van der Waals surface area contributed by atoms with Gasteiger partial charge in [-0.1, -0.05) is 59.6 Å². The smallest absolute Gasteiger partial charge is 0.341 e. The molecule has 1 N–H and O–H groups in total. The molecule has 22 heavy (non-hydrogen) atoms. The SMILES string of the molecule is N#CC(OC(=O)[C@H](O)c1ccccc1Cl)c1ccccc1Cl. The van der Waals surface area contributed by atoms with Crippen LogP contribution >= 0.6 is 23.2 Å². The van der Waals surface area contributed by atoms with Crippen LogP contribution in [0.5, 0.6) is 0 Å². The highest BCUT2D eigenvalue weighted by Crippen LogP contribution is 2.28. The molecule has 2 rings (SSSR count). The molecule has 2 aromatic carbocycles. The Kier molecular flexibility index (Phi) is 5.40. The Morgan fingerprint density at radius 3 is 2.05 bits per heavy atom. The van der Waals surface area contributed by atoms with Crippen LogP contribution in [0.4, 0.5) is 0 Å². The van der Waals surface area contributed by atoms with Crippen molar-refractivity contribution < 1.29 is 14.6 Å². The van der Waals surface area contributed by atoms with E-state index in [1.807, 2.05) is 6.07 Å². The summed E-state index contributed by atoms with van der Waals surface area (Å²) in [6.07, 6.45) is -2.79. The number of benzene rings is 2. The molecule has 0 radical (unpaired) electrons. The maximum atomic E-state index is 12.0. The summed E-state index contributed by atoms with van der Waals surface area (Å²) in [6, 6.07) is 14.7. The third-order valence-corrected chi connectivity index (χ3v) is 3.65. The number of ether oxygens (including phenoxy) is 1. The van der Waals surface area contributed by atoms with E-state index >= 15 is 0 Å². The first-order valence-electron chi connectivity index (χ1n) is 6.31. The molecule has 0 aromatic heterocycles. The van der Waals surface area contributed by atoms with E-state index < -0.39 is 18.2 Å². The van der Waals surface area contributed by atoms with Gasteiger partial charge in [0.1, 0.15) is 6.07 Å². The van der Waals surface area contributed by atoms with Crippen molar-refractivity contribution >= 4 is 29.2 Å². The molecule has 0 heterocycles. The molecule has 2 aromatic rings. The normalized spacial score (nSPS) is 13.0. The Balaban J connectivity index is 2.19. The van der Waals surface area contributed by atoms with Gasteiger partial charge >= 0.3 is 5.97 Å². The van der Waals surface area contributed by atoms with Gasteiger partial charge in [-0.05, 0) is 12.1 Å². The van der Waals surface area contributed by atoms with Crippen molar-refractivity contribution in [2.75, 3.05) is 0 Å². The van der Waals surface area contributed by atoms with Gasteiger partial charge in [0, 0.05) is 21.2 Å². The van der Waals surface area contributed by atoms with E-state index in [-0.39, 0.29) is 10.6 Å². The molecule has 1 unspecified atom stereocenters. The van der Waals surface area contributed by atoms with Crippen LogP contribution in [-0.2, 0) is 9.53 Å². The Morgan fingerprint density at radius 1 is 1.05 bits per heavy atom. The molecule has 0 saturated carbocycles. The summed E-state index contributed by atoms with van der Waals surface area (Å²) in [6.45, 7) is 0. The zero-order valence-electron chi connectivity index (χ0n) is 11.2. The highest BCUT2D eigenvalue weighted by molar-refractivity contribution is 6.31. The standard InChI is InChI=1S/C16H11Cl2NO3/c17-12-7-3-1-5-10(12)14(9-19)22-16(21)15(20)11-6-2-4-8-13(11)18/h1-8,14-15,20H/t14?,15-/m1/s1. The minimum Gasteiger partial charge on any atom is -0.440 e. The summed E-state index contributed by atoms with van der Waals surface area (Å²) in [5, 5.41) is 19.7. The van der Waals surface area contributed by atoms with E-state index in [4.69, 9.17) is 33.2 Å². The van der Waals surface area contributed by atoms with E-state index in [0.717, 1.165) is 0 Å². The van der Waals surface area contributed by atoms with Crippen molar-refractivity contribution in [3.8, 4) is 6.07 Å². The van der Waals surface area contributed by atoms with Crippen LogP contribution < -0.4 is 0 Å². The Bertz CT molecular complexity index is 727. The summed E-state index contributed by atoms with van der Waals surface area (Å²) < 4.78 is 5.04. The molecule has 112 valence electrons. The predicted molar refractivity (Wildman–Crippen MR) is 82.3 cm³/mol. The lowest BCUT2D eigenvalue weighted by Gasteiger charge is -2.16. The molecule has 6 heteroatoms. The second-order valence-corrected chi connectivity index (χ2v) is 5.21. The molecule has 2 atom stereocenters. The molecule has 0 fully saturated rings. The third kappa shape index (κ3) is 3.58. The van der Waals surface area contributed by atoms with Crippen molar-refractivity contribution in [1.29, 1.82) is 5.26 Å². The molecule has 0 aliphatic heterocycles. The van der Waals surface area contributed by atoms with Crippen LogP contribution in [0.1, 0.15) is 23.3 Å². The van der Waals surface area contributed by atoms with Crippen LogP contribution in [0.15, 0.2) is 48.5 Å². The Morgan fingerprint density at radius 2 is 1.55 bits per heavy atom. The molecule has 0 bridgehead atoms. The van der Waals surface area contributed by atoms with Crippen molar-refractivity contribution in [1.82, 2.24) is 0 Å². The maximum absolute atomic E-state index is 12.0. The Labute approximate surface area is 137 Å². The number of nitrogens with zero attached hydrogens (tertiary/aromatic N) is 1. The average Bonchev–Trinajstić information content (AvgIpc) is 2.53. The Hall–Kier alpha value is -2.06. The zero-order valence-corrected chi connectivity index (χ0v) is 12.8. The summed E-state index contributed by atoms with van der Waals surface area (Å²) in [5.41, 5.74) is 0.566. The number of hydrogen-bond donors (Lipinski definition) is 1. The molecular formula is C16H11Cl2NO3. The number of hydrogen-bond acceptors (Lipinski definition) is 4. The van der Waals surface area contributed by atoms with Crippen molar-refractivity contribution in [3.63, 3.8) is 0 Å². The fraction of sp³-hybridized carbons (Fsp3) is 0.125. The number of nitriles is 1. The molecule has 4 nitrogen and oxygen atoms in total. The molecule has 0 amide bonds. The minimum atomic E-state index is -1.58.